The molecule has 0 aliphatic rings. The first-order chi connectivity index (χ1) is 9.69. The average Bonchev–Trinajstić information content (AvgIpc) is 2.79. The fourth-order valence-corrected chi connectivity index (χ4v) is 2.31. The van der Waals surface area contributed by atoms with Crippen molar-refractivity contribution in [1.82, 2.24) is 9.38 Å². The minimum Gasteiger partial charge on any atom is -0.301 e. The van der Waals surface area contributed by atoms with Crippen LogP contribution in [0.25, 0.3) is 16.9 Å². The topological polar surface area (TPSA) is 41.1 Å². The third kappa shape index (κ3) is 2.13. The van der Waals surface area contributed by atoms with E-state index in [0.717, 1.165) is 11.3 Å². The number of benzene rings is 1. The van der Waals surface area contributed by atoms with Crippen molar-refractivity contribution >= 4 is 17.2 Å². The molecule has 1 aromatic carbocycles. The lowest BCUT2D eigenvalue weighted by molar-refractivity contribution is 0.628. The number of pyridine rings is 1. The summed E-state index contributed by atoms with van der Waals surface area (Å²) in [6, 6.07) is 11.7. The average molecular weight is 286 g/mol. The maximum Gasteiger partial charge on any atom is 0.137 e. The molecule has 0 saturated carbocycles. The van der Waals surface area contributed by atoms with Crippen LogP contribution in [-0.2, 0) is 6.42 Å². The van der Waals surface area contributed by atoms with Gasteiger partial charge in [-0.3, -0.25) is 0 Å². The van der Waals surface area contributed by atoms with Gasteiger partial charge in [0.2, 0.25) is 0 Å². The van der Waals surface area contributed by atoms with Gasteiger partial charge < -0.3 is 4.40 Å². The van der Waals surface area contributed by atoms with Crippen LogP contribution in [0.1, 0.15) is 5.69 Å². The van der Waals surface area contributed by atoms with E-state index in [-0.39, 0.29) is 12.2 Å². The van der Waals surface area contributed by atoms with Crippen LogP contribution in [0.5, 0.6) is 0 Å². The molecule has 0 amide bonds. The Bertz CT molecular complexity index is 815. The Balaban J connectivity index is 2.26. The van der Waals surface area contributed by atoms with Crippen LogP contribution in [0.15, 0.2) is 42.6 Å². The molecule has 3 aromatic rings. The van der Waals surface area contributed by atoms with E-state index >= 15 is 0 Å². The number of hydrogen-bond acceptors (Lipinski definition) is 2. The molecule has 0 bridgehead atoms. The van der Waals surface area contributed by atoms with Gasteiger partial charge in [-0.05, 0) is 36.4 Å². The molecule has 2 heterocycles. The fourth-order valence-electron chi connectivity index (χ4n) is 2.15. The highest BCUT2D eigenvalue weighted by Gasteiger charge is 2.14. The molecule has 0 aliphatic heterocycles. The van der Waals surface area contributed by atoms with Crippen molar-refractivity contribution in [2.75, 3.05) is 0 Å². The zero-order valence-corrected chi connectivity index (χ0v) is 11.1. The summed E-state index contributed by atoms with van der Waals surface area (Å²) in [5, 5.41) is 9.57. The lowest BCUT2D eigenvalue weighted by atomic mass is 10.1. The van der Waals surface area contributed by atoms with Gasteiger partial charge in [-0.25, -0.2) is 9.37 Å². The standard InChI is InChI=1S/C15H9ClFN3/c16-11-3-6-14-19-15(10-1-4-12(17)5-2-10)13(7-8-18)20(14)9-11/h1-6,9H,7H2. The van der Waals surface area contributed by atoms with Gasteiger partial charge in [0.05, 0.1) is 28.9 Å². The normalized spacial score (nSPS) is 10.7. The van der Waals surface area contributed by atoms with E-state index in [0.29, 0.717) is 16.4 Å². The largest absolute Gasteiger partial charge is 0.301 e. The lowest BCUT2D eigenvalue weighted by Gasteiger charge is -2.01. The van der Waals surface area contributed by atoms with Crippen LogP contribution >= 0.6 is 11.6 Å². The van der Waals surface area contributed by atoms with Crippen molar-refractivity contribution in [2.45, 2.75) is 6.42 Å². The number of halogens is 2. The van der Waals surface area contributed by atoms with E-state index in [1.807, 2.05) is 0 Å². The third-order valence-corrected chi connectivity index (χ3v) is 3.27. The molecule has 0 atom stereocenters. The smallest absolute Gasteiger partial charge is 0.137 e. The third-order valence-electron chi connectivity index (χ3n) is 3.05. The molecule has 0 unspecified atom stereocenters. The number of rotatable bonds is 2. The second kappa shape index (κ2) is 4.95. The number of hydrogen-bond donors (Lipinski definition) is 0. The van der Waals surface area contributed by atoms with Crippen molar-refractivity contribution in [3.05, 3.63) is 59.1 Å². The summed E-state index contributed by atoms with van der Waals surface area (Å²) in [5.74, 6) is -0.303. The summed E-state index contributed by atoms with van der Waals surface area (Å²) in [4.78, 5) is 4.50. The second-order valence-corrected chi connectivity index (χ2v) is 4.76. The van der Waals surface area contributed by atoms with Crippen LogP contribution in [0.2, 0.25) is 5.02 Å². The molecule has 0 spiro atoms. The lowest BCUT2D eigenvalue weighted by Crippen LogP contribution is -1.93. The van der Waals surface area contributed by atoms with Crippen LogP contribution < -0.4 is 0 Å². The van der Waals surface area contributed by atoms with E-state index < -0.39 is 0 Å². The van der Waals surface area contributed by atoms with E-state index in [2.05, 4.69) is 11.1 Å². The predicted molar refractivity (Wildman–Crippen MR) is 74.9 cm³/mol. The first kappa shape index (κ1) is 12.6. The highest BCUT2D eigenvalue weighted by Crippen LogP contribution is 2.26. The highest BCUT2D eigenvalue weighted by atomic mass is 35.5. The molecule has 0 N–H and O–H groups in total. The van der Waals surface area contributed by atoms with E-state index in [1.165, 1.54) is 12.1 Å². The van der Waals surface area contributed by atoms with Crippen LogP contribution in [0, 0.1) is 17.1 Å². The minimum atomic E-state index is -0.303. The quantitative estimate of drug-likeness (QED) is 0.717. The Hall–Kier alpha value is -2.38. The van der Waals surface area contributed by atoms with Gasteiger partial charge in [0, 0.05) is 11.8 Å². The molecular formula is C15H9ClFN3. The molecule has 2 aromatic heterocycles. The van der Waals surface area contributed by atoms with Crippen LogP contribution in [0.3, 0.4) is 0 Å². The minimum absolute atomic E-state index is 0.203. The van der Waals surface area contributed by atoms with Gasteiger partial charge in [0.1, 0.15) is 11.5 Å². The number of aromatic nitrogens is 2. The maximum atomic E-state index is 13.0. The molecule has 20 heavy (non-hydrogen) atoms. The first-order valence-corrected chi connectivity index (χ1v) is 6.36. The monoisotopic (exact) mass is 285 g/mol. The molecule has 0 fully saturated rings. The fraction of sp³-hybridized carbons (Fsp3) is 0.0667. The van der Waals surface area contributed by atoms with E-state index in [4.69, 9.17) is 16.9 Å². The van der Waals surface area contributed by atoms with Crippen molar-refractivity contribution in [3.63, 3.8) is 0 Å². The predicted octanol–water partition coefficient (Wildman–Crippen LogP) is 3.86. The molecule has 0 aliphatic carbocycles. The summed E-state index contributed by atoms with van der Waals surface area (Å²) < 4.78 is 14.8. The van der Waals surface area contributed by atoms with E-state index in [1.54, 1.807) is 34.9 Å². The number of nitriles is 1. The Morgan fingerprint density at radius 2 is 1.95 bits per heavy atom. The van der Waals surface area contributed by atoms with Gasteiger partial charge in [0.15, 0.2) is 0 Å². The van der Waals surface area contributed by atoms with Gasteiger partial charge in [-0.15, -0.1) is 0 Å². The molecule has 5 heteroatoms. The zero-order chi connectivity index (χ0) is 14.1. The van der Waals surface area contributed by atoms with Gasteiger partial charge in [-0.2, -0.15) is 5.26 Å². The Kier molecular flexibility index (Phi) is 3.13. The van der Waals surface area contributed by atoms with Crippen LogP contribution in [-0.4, -0.2) is 9.38 Å². The number of fused-ring (bicyclic) bond motifs is 1. The second-order valence-electron chi connectivity index (χ2n) is 4.32. The summed E-state index contributed by atoms with van der Waals surface area (Å²) in [6.07, 6.45) is 1.93. The Morgan fingerprint density at radius 3 is 2.65 bits per heavy atom. The molecule has 0 saturated heterocycles. The highest BCUT2D eigenvalue weighted by molar-refractivity contribution is 6.30. The molecular weight excluding hydrogens is 277 g/mol. The number of nitrogens with zero attached hydrogens (tertiary/aromatic N) is 3. The van der Waals surface area contributed by atoms with Gasteiger partial charge in [-0.1, -0.05) is 11.6 Å². The van der Waals surface area contributed by atoms with Crippen molar-refractivity contribution in [1.29, 1.82) is 5.26 Å². The SMILES string of the molecule is N#CCc1c(-c2ccc(F)cc2)nc2ccc(Cl)cn12. The first-order valence-electron chi connectivity index (χ1n) is 5.98. The zero-order valence-electron chi connectivity index (χ0n) is 10.3. The summed E-state index contributed by atoms with van der Waals surface area (Å²) in [6.45, 7) is 0. The van der Waals surface area contributed by atoms with Crippen molar-refractivity contribution in [2.24, 2.45) is 0 Å². The van der Waals surface area contributed by atoms with Crippen molar-refractivity contribution < 1.29 is 4.39 Å². The molecule has 3 rings (SSSR count). The summed E-state index contributed by atoms with van der Waals surface area (Å²) >= 11 is 5.99. The number of imidazole rings is 1. The van der Waals surface area contributed by atoms with Crippen molar-refractivity contribution in [3.8, 4) is 17.3 Å². The molecule has 98 valence electrons. The Labute approximate surface area is 119 Å². The molecule has 0 radical (unpaired) electrons. The van der Waals surface area contributed by atoms with Gasteiger partial charge >= 0.3 is 0 Å². The summed E-state index contributed by atoms with van der Waals surface area (Å²) in [5.41, 5.74) is 2.90. The van der Waals surface area contributed by atoms with Gasteiger partial charge in [0.25, 0.3) is 0 Å². The Morgan fingerprint density at radius 1 is 1.20 bits per heavy atom. The van der Waals surface area contributed by atoms with Crippen LogP contribution in [0.4, 0.5) is 4.39 Å². The molecule has 3 nitrogen and oxygen atoms in total. The van der Waals surface area contributed by atoms with E-state index in [9.17, 15) is 4.39 Å². The summed E-state index contributed by atoms with van der Waals surface area (Å²) in [7, 11) is 0. The maximum absolute atomic E-state index is 13.0.